The number of hydrogen-bond acceptors (Lipinski definition) is 4. The Hall–Kier alpha value is -1.17. The summed E-state index contributed by atoms with van der Waals surface area (Å²) in [6.07, 6.45) is 2.81. The molecule has 0 radical (unpaired) electrons. The number of benzene rings is 1. The second-order valence-corrected chi connectivity index (χ2v) is 4.59. The molecule has 2 rings (SSSR count). The van der Waals surface area contributed by atoms with Gasteiger partial charge in [-0.3, -0.25) is 5.84 Å². The van der Waals surface area contributed by atoms with E-state index in [1.54, 1.807) is 25.3 Å². The molecule has 18 heavy (non-hydrogen) atoms. The van der Waals surface area contributed by atoms with Crippen molar-refractivity contribution in [3.8, 4) is 5.75 Å². The summed E-state index contributed by atoms with van der Waals surface area (Å²) in [5.74, 6) is 5.44. The van der Waals surface area contributed by atoms with Crippen LogP contribution in [0, 0.1) is 5.82 Å². The van der Waals surface area contributed by atoms with Gasteiger partial charge in [-0.1, -0.05) is 12.1 Å². The lowest BCUT2D eigenvalue weighted by atomic mass is 9.72. The SMILES string of the molecule is COc1cccc(C(NN)C2(OC)CCC2)c1F. The average Bonchev–Trinajstić information content (AvgIpc) is 2.34. The summed E-state index contributed by atoms with van der Waals surface area (Å²) in [6.45, 7) is 0. The summed E-state index contributed by atoms with van der Waals surface area (Å²) in [4.78, 5) is 0. The number of hydrogen-bond donors (Lipinski definition) is 2. The molecule has 0 heterocycles. The molecule has 3 N–H and O–H groups in total. The predicted molar refractivity (Wildman–Crippen MR) is 66.6 cm³/mol. The van der Waals surface area contributed by atoms with Crippen LogP contribution in [0.2, 0.25) is 0 Å². The molecule has 1 aliphatic carbocycles. The van der Waals surface area contributed by atoms with E-state index in [-0.39, 0.29) is 17.6 Å². The lowest BCUT2D eigenvalue weighted by Gasteiger charge is -2.46. The molecule has 1 aromatic carbocycles. The Bertz CT molecular complexity index is 416. The van der Waals surface area contributed by atoms with Crippen molar-refractivity contribution in [2.45, 2.75) is 30.9 Å². The zero-order valence-electron chi connectivity index (χ0n) is 10.7. The zero-order valence-corrected chi connectivity index (χ0v) is 10.7. The van der Waals surface area contributed by atoms with Crippen LogP contribution in [0.25, 0.3) is 0 Å². The normalized spacial score (nSPS) is 19.1. The fourth-order valence-corrected chi connectivity index (χ4v) is 2.57. The molecule has 1 fully saturated rings. The Morgan fingerprint density at radius 3 is 2.56 bits per heavy atom. The van der Waals surface area contributed by atoms with Crippen LogP contribution in [0.5, 0.6) is 5.75 Å². The number of ether oxygens (including phenoxy) is 2. The van der Waals surface area contributed by atoms with E-state index in [0.29, 0.717) is 5.56 Å². The largest absolute Gasteiger partial charge is 0.494 e. The van der Waals surface area contributed by atoms with Crippen LogP contribution in [0.4, 0.5) is 4.39 Å². The lowest BCUT2D eigenvalue weighted by molar-refractivity contribution is -0.101. The minimum atomic E-state index is -0.415. The number of halogens is 1. The van der Waals surface area contributed by atoms with Gasteiger partial charge in [-0.25, -0.2) is 9.82 Å². The average molecular weight is 254 g/mol. The van der Waals surface area contributed by atoms with Gasteiger partial charge >= 0.3 is 0 Å². The van der Waals surface area contributed by atoms with Crippen molar-refractivity contribution >= 4 is 0 Å². The van der Waals surface area contributed by atoms with Crippen LogP contribution in [-0.4, -0.2) is 19.8 Å². The maximum absolute atomic E-state index is 14.3. The molecular weight excluding hydrogens is 235 g/mol. The Balaban J connectivity index is 2.39. The molecule has 1 aromatic rings. The minimum absolute atomic E-state index is 0.221. The van der Waals surface area contributed by atoms with Gasteiger partial charge in [0.15, 0.2) is 11.6 Å². The van der Waals surface area contributed by atoms with Crippen LogP contribution in [0.1, 0.15) is 30.9 Å². The molecule has 0 bridgehead atoms. The van der Waals surface area contributed by atoms with Crippen molar-refractivity contribution in [2.75, 3.05) is 14.2 Å². The van der Waals surface area contributed by atoms with Gasteiger partial charge in [-0.05, 0) is 25.3 Å². The van der Waals surface area contributed by atoms with E-state index in [0.717, 1.165) is 19.3 Å². The van der Waals surface area contributed by atoms with Crippen LogP contribution in [-0.2, 0) is 4.74 Å². The molecule has 1 atom stereocenters. The number of nitrogens with two attached hydrogens (primary N) is 1. The first-order chi connectivity index (χ1) is 8.68. The Morgan fingerprint density at radius 1 is 1.39 bits per heavy atom. The molecule has 0 spiro atoms. The van der Waals surface area contributed by atoms with Crippen molar-refractivity contribution in [2.24, 2.45) is 5.84 Å². The Morgan fingerprint density at radius 2 is 2.11 bits per heavy atom. The van der Waals surface area contributed by atoms with Crippen LogP contribution < -0.4 is 16.0 Å². The van der Waals surface area contributed by atoms with E-state index in [2.05, 4.69) is 5.43 Å². The lowest BCUT2D eigenvalue weighted by Crippen LogP contribution is -2.52. The molecule has 1 aliphatic rings. The van der Waals surface area contributed by atoms with Crippen LogP contribution in [0.15, 0.2) is 18.2 Å². The maximum Gasteiger partial charge on any atom is 0.169 e. The third kappa shape index (κ3) is 1.98. The van der Waals surface area contributed by atoms with Crippen molar-refractivity contribution < 1.29 is 13.9 Å². The topological polar surface area (TPSA) is 56.5 Å². The highest BCUT2D eigenvalue weighted by Gasteiger charge is 2.46. The Labute approximate surface area is 106 Å². The summed E-state index contributed by atoms with van der Waals surface area (Å²) in [6, 6.07) is 4.68. The third-order valence-corrected chi connectivity index (χ3v) is 3.82. The first-order valence-corrected chi connectivity index (χ1v) is 6.02. The Kier molecular flexibility index (Phi) is 3.85. The van der Waals surface area contributed by atoms with E-state index in [1.807, 2.05) is 0 Å². The smallest absolute Gasteiger partial charge is 0.169 e. The fraction of sp³-hybridized carbons (Fsp3) is 0.538. The zero-order chi connectivity index (χ0) is 13.2. The number of hydrazine groups is 1. The highest BCUT2D eigenvalue weighted by atomic mass is 19.1. The standard InChI is InChI=1S/C13H19FN2O2/c1-17-10-6-3-5-9(11(10)14)12(16-15)13(18-2)7-4-8-13/h3,5-6,12,16H,4,7-8,15H2,1-2H3. The second-order valence-electron chi connectivity index (χ2n) is 4.59. The molecule has 100 valence electrons. The summed E-state index contributed by atoms with van der Waals surface area (Å²) in [7, 11) is 3.09. The van der Waals surface area contributed by atoms with Crippen LogP contribution in [0.3, 0.4) is 0 Å². The quantitative estimate of drug-likeness (QED) is 0.622. The van der Waals surface area contributed by atoms with Crippen molar-refractivity contribution in [1.82, 2.24) is 5.43 Å². The molecule has 4 nitrogen and oxygen atoms in total. The van der Waals surface area contributed by atoms with E-state index in [1.165, 1.54) is 7.11 Å². The molecular formula is C13H19FN2O2. The van der Waals surface area contributed by atoms with Crippen molar-refractivity contribution in [3.63, 3.8) is 0 Å². The summed E-state index contributed by atoms with van der Waals surface area (Å²) in [5, 5.41) is 0. The summed E-state index contributed by atoms with van der Waals surface area (Å²) >= 11 is 0. The predicted octanol–water partition coefficient (Wildman–Crippen LogP) is 1.91. The molecule has 5 heteroatoms. The van der Waals surface area contributed by atoms with E-state index < -0.39 is 5.60 Å². The molecule has 0 amide bonds. The van der Waals surface area contributed by atoms with E-state index >= 15 is 0 Å². The summed E-state index contributed by atoms with van der Waals surface area (Å²) in [5.41, 5.74) is 2.75. The van der Waals surface area contributed by atoms with Gasteiger partial charge in [0.05, 0.1) is 18.8 Å². The maximum atomic E-state index is 14.3. The minimum Gasteiger partial charge on any atom is -0.494 e. The van der Waals surface area contributed by atoms with Crippen molar-refractivity contribution in [1.29, 1.82) is 0 Å². The highest BCUT2D eigenvalue weighted by Crippen LogP contribution is 2.45. The van der Waals surface area contributed by atoms with Gasteiger partial charge < -0.3 is 9.47 Å². The molecule has 1 saturated carbocycles. The first-order valence-electron chi connectivity index (χ1n) is 6.02. The van der Waals surface area contributed by atoms with Gasteiger partial charge in [-0.2, -0.15) is 0 Å². The molecule has 0 aromatic heterocycles. The van der Waals surface area contributed by atoms with Crippen molar-refractivity contribution in [3.05, 3.63) is 29.6 Å². The van der Waals surface area contributed by atoms with Crippen LogP contribution >= 0.6 is 0 Å². The molecule has 0 saturated heterocycles. The molecule has 1 unspecified atom stereocenters. The van der Waals surface area contributed by atoms with E-state index in [9.17, 15) is 4.39 Å². The second kappa shape index (κ2) is 5.22. The highest BCUT2D eigenvalue weighted by molar-refractivity contribution is 5.35. The van der Waals surface area contributed by atoms with Gasteiger partial charge in [0.2, 0.25) is 0 Å². The summed E-state index contributed by atoms with van der Waals surface area (Å²) < 4.78 is 24.8. The number of rotatable bonds is 5. The van der Waals surface area contributed by atoms with Gasteiger partial charge in [-0.15, -0.1) is 0 Å². The fourth-order valence-electron chi connectivity index (χ4n) is 2.57. The number of nitrogens with one attached hydrogen (secondary N) is 1. The molecule has 0 aliphatic heterocycles. The number of methoxy groups -OCH3 is 2. The monoisotopic (exact) mass is 254 g/mol. The third-order valence-electron chi connectivity index (χ3n) is 3.82. The van der Waals surface area contributed by atoms with Gasteiger partial charge in [0, 0.05) is 12.7 Å². The van der Waals surface area contributed by atoms with Gasteiger partial charge in [0.1, 0.15) is 0 Å². The van der Waals surface area contributed by atoms with Gasteiger partial charge in [0.25, 0.3) is 0 Å². The van der Waals surface area contributed by atoms with E-state index in [4.69, 9.17) is 15.3 Å². The first kappa shape index (κ1) is 13.3.